The summed E-state index contributed by atoms with van der Waals surface area (Å²) < 4.78 is 5.10. The van der Waals surface area contributed by atoms with Crippen molar-refractivity contribution in [1.29, 1.82) is 0 Å². The first-order chi connectivity index (χ1) is 13.2. The van der Waals surface area contributed by atoms with Gasteiger partial charge in [-0.2, -0.15) is 5.10 Å². The third kappa shape index (κ3) is 4.05. The number of piperidine rings is 1. The highest BCUT2D eigenvalue weighted by Gasteiger charge is 2.51. The van der Waals surface area contributed by atoms with Gasteiger partial charge in [-0.3, -0.25) is 14.8 Å². The Labute approximate surface area is 161 Å². The molecule has 150 valence electrons. The molecule has 0 spiro atoms. The van der Waals surface area contributed by atoms with Crippen LogP contribution < -0.4 is 10.6 Å². The highest BCUT2D eigenvalue weighted by atomic mass is 16.5. The van der Waals surface area contributed by atoms with E-state index in [1.807, 2.05) is 6.07 Å². The van der Waals surface area contributed by atoms with Crippen molar-refractivity contribution in [2.75, 3.05) is 20.2 Å². The molecule has 7 heteroatoms. The summed E-state index contributed by atoms with van der Waals surface area (Å²) >= 11 is 0. The van der Waals surface area contributed by atoms with Crippen molar-refractivity contribution in [1.82, 2.24) is 25.7 Å². The van der Waals surface area contributed by atoms with Gasteiger partial charge in [0.15, 0.2) is 0 Å². The van der Waals surface area contributed by atoms with Crippen LogP contribution in [-0.2, 0) is 22.7 Å². The third-order valence-electron chi connectivity index (χ3n) is 6.56. The summed E-state index contributed by atoms with van der Waals surface area (Å²) in [7, 11) is 1.66. The summed E-state index contributed by atoms with van der Waals surface area (Å²) in [6.07, 6.45) is 9.52. The van der Waals surface area contributed by atoms with E-state index in [2.05, 4.69) is 25.7 Å². The average molecular weight is 376 g/mol. The summed E-state index contributed by atoms with van der Waals surface area (Å²) in [6.45, 7) is 3.02. The maximum Gasteiger partial charge on any atom is 0.240 e. The predicted octanol–water partition coefficient (Wildman–Crippen LogP) is 1.70. The van der Waals surface area contributed by atoms with Gasteiger partial charge < -0.3 is 15.4 Å². The summed E-state index contributed by atoms with van der Waals surface area (Å²) in [5, 5.41) is 14.2. The lowest BCUT2D eigenvalue weighted by Crippen LogP contribution is -2.57. The second-order valence-corrected chi connectivity index (χ2v) is 8.48. The molecule has 27 heavy (non-hydrogen) atoms. The zero-order valence-corrected chi connectivity index (χ0v) is 16.4. The Kier molecular flexibility index (Phi) is 5.80. The molecule has 1 aromatic rings. The lowest BCUT2D eigenvalue weighted by atomic mass is 9.84. The molecule has 3 fully saturated rings. The molecule has 2 aliphatic heterocycles. The molecule has 1 aromatic heterocycles. The Morgan fingerprint density at radius 1 is 1.33 bits per heavy atom. The van der Waals surface area contributed by atoms with Crippen molar-refractivity contribution in [2.45, 2.75) is 82.1 Å². The van der Waals surface area contributed by atoms with Crippen LogP contribution in [0.5, 0.6) is 0 Å². The molecule has 0 radical (unpaired) electrons. The van der Waals surface area contributed by atoms with Crippen LogP contribution >= 0.6 is 0 Å². The number of hydrogen-bond donors (Lipinski definition) is 3. The van der Waals surface area contributed by atoms with E-state index in [1.165, 1.54) is 32.1 Å². The minimum absolute atomic E-state index is 0.181. The highest BCUT2D eigenvalue weighted by molar-refractivity contribution is 5.87. The number of hydrogen-bond acceptors (Lipinski definition) is 5. The second kappa shape index (κ2) is 8.29. The number of methoxy groups -OCH3 is 1. The molecule has 0 unspecified atom stereocenters. The Morgan fingerprint density at radius 3 is 3.00 bits per heavy atom. The number of nitrogens with zero attached hydrogens (tertiary/aromatic N) is 2. The monoisotopic (exact) mass is 375 g/mol. The minimum atomic E-state index is -0.329. The molecule has 1 aliphatic carbocycles. The molecule has 1 saturated carbocycles. The minimum Gasteiger partial charge on any atom is -0.378 e. The van der Waals surface area contributed by atoms with Crippen molar-refractivity contribution in [2.24, 2.45) is 0 Å². The lowest BCUT2D eigenvalue weighted by Gasteiger charge is -2.40. The van der Waals surface area contributed by atoms with Crippen LogP contribution in [0.2, 0.25) is 0 Å². The highest BCUT2D eigenvalue weighted by Crippen LogP contribution is 2.38. The van der Waals surface area contributed by atoms with Gasteiger partial charge in [0.05, 0.1) is 24.5 Å². The second-order valence-electron chi connectivity index (χ2n) is 8.48. The molecule has 3 aliphatic rings. The molecule has 4 rings (SSSR count). The number of carbonyl (C=O) groups is 1. The van der Waals surface area contributed by atoms with Gasteiger partial charge in [0.25, 0.3) is 0 Å². The number of fused-ring (bicyclic) bond motifs is 1. The third-order valence-corrected chi connectivity index (χ3v) is 6.56. The zero-order chi connectivity index (χ0) is 18.7. The van der Waals surface area contributed by atoms with Crippen LogP contribution in [0, 0.1) is 0 Å². The summed E-state index contributed by atoms with van der Waals surface area (Å²) in [4.78, 5) is 15.7. The van der Waals surface area contributed by atoms with Gasteiger partial charge >= 0.3 is 0 Å². The predicted molar refractivity (Wildman–Crippen MR) is 103 cm³/mol. The molecule has 3 N–H and O–H groups in total. The zero-order valence-electron chi connectivity index (χ0n) is 16.4. The molecule has 0 aromatic carbocycles. The number of carbonyl (C=O) groups excluding carboxylic acids is 1. The molecular formula is C20H33N5O2. The van der Waals surface area contributed by atoms with Crippen molar-refractivity contribution in [3.63, 3.8) is 0 Å². The van der Waals surface area contributed by atoms with Crippen molar-refractivity contribution in [3.8, 4) is 0 Å². The Balaban J connectivity index is 1.38. The van der Waals surface area contributed by atoms with E-state index >= 15 is 0 Å². The molecule has 7 nitrogen and oxygen atoms in total. The van der Waals surface area contributed by atoms with E-state index in [0.717, 1.165) is 43.7 Å². The van der Waals surface area contributed by atoms with Gasteiger partial charge in [0.1, 0.15) is 5.54 Å². The molecule has 2 saturated heterocycles. The van der Waals surface area contributed by atoms with E-state index in [9.17, 15) is 4.79 Å². The van der Waals surface area contributed by atoms with Crippen LogP contribution in [0.3, 0.4) is 0 Å². The van der Waals surface area contributed by atoms with Gasteiger partial charge in [0, 0.05) is 25.7 Å². The van der Waals surface area contributed by atoms with E-state index in [4.69, 9.17) is 4.74 Å². The van der Waals surface area contributed by atoms with Gasteiger partial charge in [-0.15, -0.1) is 0 Å². The molecule has 2 atom stereocenters. The first kappa shape index (κ1) is 18.9. The summed E-state index contributed by atoms with van der Waals surface area (Å²) in [5.74, 6) is 0.181. The first-order valence-corrected chi connectivity index (χ1v) is 10.5. The summed E-state index contributed by atoms with van der Waals surface area (Å²) in [6, 6.07) is 3.05. The van der Waals surface area contributed by atoms with Crippen molar-refractivity contribution < 1.29 is 9.53 Å². The number of rotatable bonds is 7. The number of amides is 1. The molecule has 3 heterocycles. The fourth-order valence-corrected chi connectivity index (χ4v) is 5.28. The average Bonchev–Trinajstić information content (AvgIpc) is 3.40. The van der Waals surface area contributed by atoms with Gasteiger partial charge in [-0.25, -0.2) is 0 Å². The molecule has 0 bridgehead atoms. The fraction of sp³-hybridized carbons (Fsp3) is 0.800. The number of H-pyrrole nitrogens is 1. The Hall–Kier alpha value is -1.44. The maximum atomic E-state index is 13.3. The number of nitrogens with one attached hydrogen (secondary N) is 3. The van der Waals surface area contributed by atoms with Crippen LogP contribution in [-0.4, -0.2) is 58.8 Å². The van der Waals surface area contributed by atoms with E-state index in [-0.39, 0.29) is 11.4 Å². The number of aromatic amines is 1. The quantitative estimate of drug-likeness (QED) is 0.676. The van der Waals surface area contributed by atoms with Crippen LogP contribution in [0.15, 0.2) is 6.07 Å². The maximum absolute atomic E-state index is 13.3. The van der Waals surface area contributed by atoms with Crippen LogP contribution in [0.25, 0.3) is 0 Å². The van der Waals surface area contributed by atoms with Gasteiger partial charge in [-0.05, 0) is 51.1 Å². The normalized spacial score (nSPS) is 29.1. The Morgan fingerprint density at radius 2 is 2.19 bits per heavy atom. The van der Waals surface area contributed by atoms with E-state index in [1.54, 1.807) is 7.11 Å². The van der Waals surface area contributed by atoms with Crippen LogP contribution in [0.4, 0.5) is 0 Å². The Bertz CT molecular complexity index is 642. The lowest BCUT2D eigenvalue weighted by molar-refractivity contribution is -0.134. The smallest absolute Gasteiger partial charge is 0.240 e. The topological polar surface area (TPSA) is 82.3 Å². The van der Waals surface area contributed by atoms with Crippen molar-refractivity contribution in [3.05, 3.63) is 17.5 Å². The van der Waals surface area contributed by atoms with Gasteiger partial charge in [0.2, 0.25) is 5.91 Å². The summed E-state index contributed by atoms with van der Waals surface area (Å²) in [5.41, 5.74) is 1.46. The number of ether oxygens (including phenoxy) is 1. The van der Waals surface area contributed by atoms with Crippen molar-refractivity contribution >= 4 is 5.91 Å². The van der Waals surface area contributed by atoms with Crippen LogP contribution in [0.1, 0.15) is 62.8 Å². The van der Waals surface area contributed by atoms with E-state index in [0.29, 0.717) is 25.2 Å². The SMILES string of the molecule is COCc1cc(CNC(=O)[C@@]23CCCCN2C[C@@H](NC2CCCC2)C3)[nH]n1. The number of aromatic nitrogens is 2. The largest absolute Gasteiger partial charge is 0.378 e. The fourth-order valence-electron chi connectivity index (χ4n) is 5.28. The van der Waals surface area contributed by atoms with Gasteiger partial charge in [-0.1, -0.05) is 12.8 Å². The van der Waals surface area contributed by atoms with E-state index < -0.39 is 0 Å². The molecular weight excluding hydrogens is 342 g/mol. The molecule has 1 amide bonds. The first-order valence-electron chi connectivity index (χ1n) is 10.5. The standard InChI is InChI=1S/C20H33N5O2/c1-27-14-17-10-16(23-24-17)12-21-19(26)20-8-4-5-9-25(20)13-18(11-20)22-15-6-2-3-7-15/h10,15,18,22H,2-9,11-14H2,1H3,(H,21,26)(H,23,24)/t18-,20-/m0/s1.